The van der Waals surface area contributed by atoms with Crippen molar-refractivity contribution in [2.45, 2.75) is 13.3 Å². The number of hydrogen-bond acceptors (Lipinski definition) is 2. The van der Waals surface area contributed by atoms with E-state index >= 15 is 0 Å². The standard InChI is InChI=1S/C11H25N2O3S/c1-4-5-12(2)6-8-13(3,9-7-12)10-11-17(14,15)16/h4-11H2,1-3H3/q+1/p+1. The summed E-state index contributed by atoms with van der Waals surface area (Å²) >= 11 is 0. The van der Waals surface area contributed by atoms with Crippen molar-refractivity contribution < 1.29 is 21.9 Å². The van der Waals surface area contributed by atoms with Gasteiger partial charge in [0.1, 0.15) is 31.9 Å². The zero-order chi connectivity index (χ0) is 13.2. The summed E-state index contributed by atoms with van der Waals surface area (Å²) in [5.41, 5.74) is 0. The third-order valence-electron chi connectivity index (χ3n) is 4.01. The molecule has 1 saturated heterocycles. The zero-order valence-corrected chi connectivity index (χ0v) is 12.0. The Morgan fingerprint density at radius 3 is 1.76 bits per heavy atom. The molecule has 5 nitrogen and oxygen atoms in total. The molecule has 1 aliphatic rings. The smallest absolute Gasteiger partial charge is 0.270 e. The topological polar surface area (TPSA) is 54.4 Å². The van der Waals surface area contributed by atoms with Crippen molar-refractivity contribution in [3.05, 3.63) is 0 Å². The highest BCUT2D eigenvalue weighted by Gasteiger charge is 2.36. The maximum absolute atomic E-state index is 10.8. The molecule has 0 unspecified atom stereocenters. The highest BCUT2D eigenvalue weighted by atomic mass is 32.2. The molecule has 6 heteroatoms. The van der Waals surface area contributed by atoms with Crippen LogP contribution in [-0.4, -0.2) is 81.1 Å². The molecule has 0 aromatic heterocycles. The van der Waals surface area contributed by atoms with Crippen LogP contribution in [0.2, 0.25) is 0 Å². The van der Waals surface area contributed by atoms with Crippen LogP contribution in [0.4, 0.5) is 0 Å². The molecule has 0 aromatic rings. The van der Waals surface area contributed by atoms with Crippen LogP contribution >= 0.6 is 0 Å². The summed E-state index contributed by atoms with van der Waals surface area (Å²) in [5, 5.41) is 0. The fourth-order valence-electron chi connectivity index (χ4n) is 2.51. The molecule has 0 aromatic carbocycles. The Balaban J connectivity index is 2.49. The first-order chi connectivity index (χ1) is 7.68. The first-order valence-electron chi connectivity index (χ1n) is 6.30. The molecule has 0 bridgehead atoms. The molecule has 102 valence electrons. The highest BCUT2D eigenvalue weighted by molar-refractivity contribution is 7.85. The van der Waals surface area contributed by atoms with Gasteiger partial charge in [-0.3, -0.25) is 4.55 Å². The SMILES string of the molecule is CCC[N+]1(C)CC[N+](C)(CCS(=O)(=O)O)CC1. The zero-order valence-electron chi connectivity index (χ0n) is 11.2. The van der Waals surface area contributed by atoms with Gasteiger partial charge in [-0.1, -0.05) is 6.92 Å². The maximum atomic E-state index is 10.8. The minimum absolute atomic E-state index is 0.124. The average molecular weight is 266 g/mol. The van der Waals surface area contributed by atoms with Crippen molar-refractivity contribution in [2.24, 2.45) is 0 Å². The normalized spacial score (nSPS) is 34.8. The fourth-order valence-corrected chi connectivity index (χ4v) is 3.18. The lowest BCUT2D eigenvalue weighted by atomic mass is 10.2. The predicted octanol–water partition coefficient (Wildman–Crippen LogP) is 0.191. The quantitative estimate of drug-likeness (QED) is 0.571. The van der Waals surface area contributed by atoms with Gasteiger partial charge in [-0.2, -0.15) is 8.42 Å². The summed E-state index contributed by atoms with van der Waals surface area (Å²) in [6, 6.07) is 0. The Hall–Kier alpha value is -0.170. The van der Waals surface area contributed by atoms with Crippen molar-refractivity contribution in [3.63, 3.8) is 0 Å². The van der Waals surface area contributed by atoms with Crippen LogP contribution < -0.4 is 0 Å². The number of likely N-dealkylation sites (N-methyl/N-ethyl adjacent to an activating group) is 2. The molecule has 0 atom stereocenters. The molecular weight excluding hydrogens is 240 g/mol. The van der Waals surface area contributed by atoms with Gasteiger partial charge in [0.05, 0.1) is 27.2 Å². The van der Waals surface area contributed by atoms with Gasteiger partial charge >= 0.3 is 0 Å². The molecule has 17 heavy (non-hydrogen) atoms. The van der Waals surface area contributed by atoms with Crippen LogP contribution in [0, 0.1) is 0 Å². The van der Waals surface area contributed by atoms with Crippen molar-refractivity contribution in [1.82, 2.24) is 0 Å². The van der Waals surface area contributed by atoms with E-state index in [9.17, 15) is 8.42 Å². The number of quaternary nitrogens is 2. The Labute approximate surface area is 105 Å². The van der Waals surface area contributed by atoms with Gasteiger partial charge in [-0.05, 0) is 6.42 Å². The molecule has 0 saturated carbocycles. The molecular formula is C11H26N2O3S+2. The maximum Gasteiger partial charge on any atom is 0.270 e. The van der Waals surface area contributed by atoms with Crippen molar-refractivity contribution in [1.29, 1.82) is 0 Å². The van der Waals surface area contributed by atoms with E-state index in [0.717, 1.165) is 35.1 Å². The summed E-state index contributed by atoms with van der Waals surface area (Å²) in [5.74, 6) is -0.124. The van der Waals surface area contributed by atoms with Crippen LogP contribution in [-0.2, 0) is 10.1 Å². The first kappa shape index (κ1) is 14.9. The van der Waals surface area contributed by atoms with E-state index in [0.29, 0.717) is 6.54 Å². The van der Waals surface area contributed by atoms with Crippen LogP contribution in [0.5, 0.6) is 0 Å². The Morgan fingerprint density at radius 1 is 1.00 bits per heavy atom. The molecule has 1 N–H and O–H groups in total. The van der Waals surface area contributed by atoms with Crippen molar-refractivity contribution in [3.8, 4) is 0 Å². The monoisotopic (exact) mass is 266 g/mol. The summed E-state index contributed by atoms with van der Waals surface area (Å²) < 4.78 is 32.2. The van der Waals surface area contributed by atoms with E-state index < -0.39 is 10.1 Å². The lowest BCUT2D eigenvalue weighted by Crippen LogP contribution is -2.64. The summed E-state index contributed by atoms with van der Waals surface area (Å²) in [4.78, 5) is 0. The number of piperazine rings is 1. The molecule has 0 spiro atoms. The third kappa shape index (κ3) is 4.91. The highest BCUT2D eigenvalue weighted by Crippen LogP contribution is 2.16. The Kier molecular flexibility index (Phi) is 4.57. The molecule has 1 heterocycles. The van der Waals surface area contributed by atoms with Crippen LogP contribution in [0.25, 0.3) is 0 Å². The van der Waals surface area contributed by atoms with Gasteiger partial charge in [-0.25, -0.2) is 0 Å². The van der Waals surface area contributed by atoms with Crippen LogP contribution in [0.15, 0.2) is 0 Å². The van der Waals surface area contributed by atoms with E-state index in [4.69, 9.17) is 4.55 Å². The molecule has 1 fully saturated rings. The molecule has 1 rings (SSSR count). The summed E-state index contributed by atoms with van der Waals surface area (Å²) in [6.07, 6.45) is 1.19. The van der Waals surface area contributed by atoms with Gasteiger partial charge in [-0.15, -0.1) is 0 Å². The lowest BCUT2D eigenvalue weighted by Gasteiger charge is -2.46. The van der Waals surface area contributed by atoms with Crippen molar-refractivity contribution >= 4 is 10.1 Å². The number of rotatable bonds is 5. The van der Waals surface area contributed by atoms with Gasteiger partial charge in [0.2, 0.25) is 0 Å². The second-order valence-electron chi connectivity index (χ2n) is 5.87. The van der Waals surface area contributed by atoms with E-state index in [2.05, 4.69) is 21.0 Å². The number of hydrogen-bond donors (Lipinski definition) is 1. The van der Waals surface area contributed by atoms with Gasteiger partial charge in [0, 0.05) is 0 Å². The minimum atomic E-state index is -3.82. The van der Waals surface area contributed by atoms with Crippen molar-refractivity contribution in [2.75, 3.05) is 59.1 Å². The second-order valence-corrected chi connectivity index (χ2v) is 7.44. The van der Waals surface area contributed by atoms with E-state index in [1.807, 2.05) is 0 Å². The van der Waals surface area contributed by atoms with Crippen LogP contribution in [0.3, 0.4) is 0 Å². The van der Waals surface area contributed by atoms with E-state index in [-0.39, 0.29) is 5.75 Å². The van der Waals surface area contributed by atoms with E-state index in [1.165, 1.54) is 13.0 Å². The summed E-state index contributed by atoms with van der Waals surface area (Å²) in [7, 11) is 0.536. The van der Waals surface area contributed by atoms with Gasteiger partial charge < -0.3 is 8.97 Å². The second kappa shape index (κ2) is 5.22. The Bertz CT molecular complexity index is 346. The Morgan fingerprint density at radius 2 is 1.41 bits per heavy atom. The molecule has 0 radical (unpaired) electrons. The average Bonchev–Trinajstić information content (AvgIpc) is 2.21. The van der Waals surface area contributed by atoms with Gasteiger partial charge in [0.25, 0.3) is 10.1 Å². The molecule has 0 aliphatic carbocycles. The third-order valence-corrected chi connectivity index (χ3v) is 4.71. The largest absolute Gasteiger partial charge is 0.317 e. The molecule has 0 amide bonds. The number of nitrogens with zero attached hydrogens (tertiary/aromatic N) is 2. The first-order valence-corrected chi connectivity index (χ1v) is 7.91. The lowest BCUT2D eigenvalue weighted by molar-refractivity contribution is -1.01. The molecule has 1 aliphatic heterocycles. The minimum Gasteiger partial charge on any atom is -0.317 e. The fraction of sp³-hybridized carbons (Fsp3) is 1.00. The predicted molar refractivity (Wildman–Crippen MR) is 68.3 cm³/mol. The van der Waals surface area contributed by atoms with Gasteiger partial charge in [0.15, 0.2) is 0 Å². The van der Waals surface area contributed by atoms with E-state index in [1.54, 1.807) is 0 Å². The van der Waals surface area contributed by atoms with Crippen LogP contribution in [0.1, 0.15) is 13.3 Å². The summed E-state index contributed by atoms with van der Waals surface area (Å²) in [6.45, 7) is 8.08.